The van der Waals surface area contributed by atoms with E-state index in [1.54, 1.807) is 23.3 Å². The van der Waals surface area contributed by atoms with Gasteiger partial charge in [-0.3, -0.25) is 13.9 Å². The number of nitrogens with one attached hydrogen (secondary N) is 1. The number of aromatic amines is 1. The van der Waals surface area contributed by atoms with Crippen molar-refractivity contribution in [3.63, 3.8) is 0 Å². The van der Waals surface area contributed by atoms with E-state index in [-0.39, 0.29) is 11.6 Å². The maximum absolute atomic E-state index is 11.7. The van der Waals surface area contributed by atoms with Gasteiger partial charge in [0.25, 0.3) is 0 Å². The van der Waals surface area contributed by atoms with Crippen LogP contribution in [-0.4, -0.2) is 48.0 Å². The molecule has 1 fully saturated rings. The topological polar surface area (TPSA) is 88.3 Å². The number of amides is 1. The first-order valence-electron chi connectivity index (χ1n) is 9.05. The Balaban J connectivity index is 0.000000168. The zero-order valence-corrected chi connectivity index (χ0v) is 15.5. The minimum absolute atomic E-state index is 0.0897. The molecule has 3 aromatic heterocycles. The average Bonchev–Trinajstić information content (AvgIpc) is 3.23. The predicted octanol–water partition coefficient (Wildman–Crippen LogP) is 2.00. The number of aromatic nitrogens is 5. The lowest BCUT2D eigenvalue weighted by molar-refractivity contribution is -0.125. The van der Waals surface area contributed by atoms with E-state index in [0.29, 0.717) is 5.65 Å². The molecule has 8 heteroatoms. The molecule has 8 nitrogen and oxygen atoms in total. The molecule has 1 aliphatic rings. The number of imidazole rings is 1. The van der Waals surface area contributed by atoms with Gasteiger partial charge in [-0.1, -0.05) is 19.4 Å². The second-order valence-electron chi connectivity index (χ2n) is 6.49. The fraction of sp³-hybridized carbons (Fsp3) is 0.368. The number of carbonyl (C=O) groups excluding carboxylic acids is 1. The molecule has 0 radical (unpaired) electrons. The van der Waals surface area contributed by atoms with Crippen LogP contribution in [0.25, 0.3) is 16.9 Å². The average molecular weight is 368 g/mol. The van der Waals surface area contributed by atoms with Gasteiger partial charge in [-0.25, -0.2) is 9.78 Å². The van der Waals surface area contributed by atoms with Crippen LogP contribution in [0.2, 0.25) is 0 Å². The van der Waals surface area contributed by atoms with Crippen LogP contribution in [0.4, 0.5) is 0 Å². The van der Waals surface area contributed by atoms with E-state index in [1.165, 1.54) is 23.3 Å². The van der Waals surface area contributed by atoms with Gasteiger partial charge >= 0.3 is 5.69 Å². The monoisotopic (exact) mass is 368 g/mol. The van der Waals surface area contributed by atoms with E-state index >= 15 is 0 Å². The van der Waals surface area contributed by atoms with Gasteiger partial charge in [0.05, 0.1) is 11.9 Å². The van der Waals surface area contributed by atoms with Crippen LogP contribution < -0.4 is 5.69 Å². The molecule has 0 saturated carbocycles. The van der Waals surface area contributed by atoms with Crippen molar-refractivity contribution in [3.05, 3.63) is 54.0 Å². The molecule has 4 heterocycles. The SMILES string of the molecule is C=CC(=O)N1CCCCCC1.Cn1cc(-c2cc3nccn3c(=O)[nH]2)cn1. The van der Waals surface area contributed by atoms with Crippen molar-refractivity contribution in [2.24, 2.45) is 7.05 Å². The molecule has 1 saturated heterocycles. The van der Waals surface area contributed by atoms with E-state index < -0.39 is 0 Å². The predicted molar refractivity (Wildman–Crippen MR) is 103 cm³/mol. The van der Waals surface area contributed by atoms with Crippen LogP contribution >= 0.6 is 0 Å². The Morgan fingerprint density at radius 3 is 2.63 bits per heavy atom. The number of fused-ring (bicyclic) bond motifs is 1. The highest BCUT2D eigenvalue weighted by molar-refractivity contribution is 5.86. The van der Waals surface area contributed by atoms with Gasteiger partial charge in [0.2, 0.25) is 5.91 Å². The smallest absolute Gasteiger partial charge is 0.331 e. The van der Waals surface area contributed by atoms with Gasteiger partial charge in [0, 0.05) is 50.4 Å². The van der Waals surface area contributed by atoms with Crippen LogP contribution in [-0.2, 0) is 11.8 Å². The molecule has 0 aliphatic carbocycles. The summed E-state index contributed by atoms with van der Waals surface area (Å²) in [7, 11) is 1.83. The van der Waals surface area contributed by atoms with Gasteiger partial charge in [-0.2, -0.15) is 5.10 Å². The third-order valence-corrected chi connectivity index (χ3v) is 4.51. The van der Waals surface area contributed by atoms with Gasteiger partial charge in [0.1, 0.15) is 5.65 Å². The highest BCUT2D eigenvalue weighted by Crippen LogP contribution is 2.15. The Labute approximate surface area is 157 Å². The van der Waals surface area contributed by atoms with E-state index in [1.807, 2.05) is 24.2 Å². The Morgan fingerprint density at radius 1 is 1.26 bits per heavy atom. The quantitative estimate of drug-likeness (QED) is 0.701. The van der Waals surface area contributed by atoms with Crippen molar-refractivity contribution in [3.8, 4) is 11.3 Å². The van der Waals surface area contributed by atoms with Crippen molar-refractivity contribution >= 4 is 11.6 Å². The molecular weight excluding hydrogens is 344 g/mol. The lowest BCUT2D eigenvalue weighted by Crippen LogP contribution is -2.29. The zero-order chi connectivity index (χ0) is 19.2. The summed E-state index contributed by atoms with van der Waals surface area (Å²) in [5, 5.41) is 4.06. The number of likely N-dealkylation sites (tertiary alicyclic amines) is 1. The number of hydrogen-bond donors (Lipinski definition) is 1. The Bertz CT molecular complexity index is 975. The van der Waals surface area contributed by atoms with E-state index in [4.69, 9.17) is 0 Å². The lowest BCUT2D eigenvalue weighted by atomic mass is 10.2. The molecule has 1 aliphatic heterocycles. The van der Waals surface area contributed by atoms with Gasteiger partial charge in [-0.05, 0) is 18.9 Å². The Morgan fingerprint density at radius 2 is 2.00 bits per heavy atom. The molecule has 0 atom stereocenters. The van der Waals surface area contributed by atoms with Crippen molar-refractivity contribution in [1.29, 1.82) is 0 Å². The Kier molecular flexibility index (Phi) is 5.85. The van der Waals surface area contributed by atoms with Crippen LogP contribution in [0.1, 0.15) is 25.7 Å². The molecular formula is C19H24N6O2. The fourth-order valence-electron chi connectivity index (χ4n) is 3.07. The number of H-pyrrole nitrogens is 1. The molecule has 3 aromatic rings. The number of carbonyl (C=O) groups is 1. The van der Waals surface area contributed by atoms with Gasteiger partial charge in [-0.15, -0.1) is 0 Å². The molecule has 0 unspecified atom stereocenters. The molecule has 0 bridgehead atoms. The van der Waals surface area contributed by atoms with Crippen molar-refractivity contribution in [2.45, 2.75) is 25.7 Å². The van der Waals surface area contributed by atoms with Gasteiger partial charge < -0.3 is 9.88 Å². The van der Waals surface area contributed by atoms with Crippen LogP contribution in [0, 0.1) is 0 Å². The largest absolute Gasteiger partial charge is 0.339 e. The molecule has 4 rings (SSSR count). The normalized spacial score (nSPS) is 14.3. The summed E-state index contributed by atoms with van der Waals surface area (Å²) in [6.07, 6.45) is 13.0. The van der Waals surface area contributed by atoms with Gasteiger partial charge in [0.15, 0.2) is 0 Å². The summed E-state index contributed by atoms with van der Waals surface area (Å²) in [4.78, 5) is 31.6. The van der Waals surface area contributed by atoms with E-state index in [9.17, 15) is 9.59 Å². The standard InChI is InChI=1S/C10H9N5O.C9H15NO/c1-14-6-7(5-12-14)8-4-9-11-2-3-15(9)10(16)13-8;1-2-9(11)10-7-5-3-4-6-8-10/h2-6H,1H3,(H,13,16);2H,1,3-8H2. The highest BCUT2D eigenvalue weighted by Gasteiger charge is 2.11. The second-order valence-corrected chi connectivity index (χ2v) is 6.49. The maximum atomic E-state index is 11.7. The number of hydrogen-bond acceptors (Lipinski definition) is 4. The molecule has 0 spiro atoms. The summed E-state index contributed by atoms with van der Waals surface area (Å²) in [6, 6.07) is 1.82. The van der Waals surface area contributed by atoms with Crippen LogP contribution in [0.5, 0.6) is 0 Å². The van der Waals surface area contributed by atoms with E-state index in [0.717, 1.165) is 37.2 Å². The number of aryl methyl sites for hydroxylation is 1. The minimum Gasteiger partial charge on any atom is -0.339 e. The van der Waals surface area contributed by atoms with E-state index in [2.05, 4.69) is 21.6 Å². The summed E-state index contributed by atoms with van der Waals surface area (Å²) in [5.41, 5.74) is 2.01. The van der Waals surface area contributed by atoms with Crippen LogP contribution in [0.15, 0.2) is 48.3 Å². The first-order valence-corrected chi connectivity index (χ1v) is 9.05. The Hall–Kier alpha value is -3.16. The zero-order valence-electron chi connectivity index (χ0n) is 15.5. The first kappa shape index (κ1) is 18.6. The molecule has 142 valence electrons. The summed E-state index contributed by atoms with van der Waals surface area (Å²) in [5.74, 6) is 0.0897. The maximum Gasteiger partial charge on any atom is 0.331 e. The molecule has 0 aromatic carbocycles. The number of nitrogens with zero attached hydrogens (tertiary/aromatic N) is 5. The summed E-state index contributed by atoms with van der Waals surface area (Å²) >= 11 is 0. The fourth-order valence-corrected chi connectivity index (χ4v) is 3.07. The summed E-state index contributed by atoms with van der Waals surface area (Å²) < 4.78 is 3.14. The highest BCUT2D eigenvalue weighted by atomic mass is 16.2. The third-order valence-electron chi connectivity index (χ3n) is 4.51. The van der Waals surface area contributed by atoms with Crippen molar-refractivity contribution in [1.82, 2.24) is 29.0 Å². The third kappa shape index (κ3) is 4.52. The number of rotatable bonds is 2. The van der Waals surface area contributed by atoms with Crippen molar-refractivity contribution < 1.29 is 4.79 Å². The molecule has 1 N–H and O–H groups in total. The second kappa shape index (κ2) is 8.48. The molecule has 1 amide bonds. The lowest BCUT2D eigenvalue weighted by Gasteiger charge is -2.17. The van der Waals surface area contributed by atoms with Crippen LogP contribution in [0.3, 0.4) is 0 Å². The first-order chi connectivity index (χ1) is 13.1. The summed E-state index contributed by atoms with van der Waals surface area (Å²) in [6.45, 7) is 5.32. The minimum atomic E-state index is -0.200. The molecule has 27 heavy (non-hydrogen) atoms. The van der Waals surface area contributed by atoms with Crippen molar-refractivity contribution in [2.75, 3.05) is 13.1 Å².